The Hall–Kier alpha value is -2.30. The van der Waals surface area contributed by atoms with Gasteiger partial charge in [-0.2, -0.15) is 0 Å². The van der Waals surface area contributed by atoms with E-state index < -0.39 is 0 Å². The van der Waals surface area contributed by atoms with Crippen LogP contribution in [-0.2, 0) is 0 Å². The molecule has 0 aliphatic carbocycles. The number of benzene rings is 1. The number of pyridine rings is 2. The van der Waals surface area contributed by atoms with Crippen molar-refractivity contribution in [3.05, 3.63) is 71.2 Å². The van der Waals surface area contributed by atoms with E-state index in [2.05, 4.69) is 33.6 Å². The predicted octanol–water partition coefficient (Wildman–Crippen LogP) is 2.80. The second-order valence-electron chi connectivity index (χ2n) is 5.24. The second-order valence-corrected chi connectivity index (χ2v) is 5.24. The van der Waals surface area contributed by atoms with Crippen LogP contribution in [-0.4, -0.2) is 9.97 Å². The van der Waals surface area contributed by atoms with Crippen LogP contribution in [0.1, 0.15) is 28.6 Å². The molecule has 0 aliphatic heterocycles. The Morgan fingerprint density at radius 2 is 1.71 bits per heavy atom. The molecule has 0 fully saturated rings. The van der Waals surface area contributed by atoms with Crippen LogP contribution in [0.5, 0.6) is 0 Å². The highest BCUT2D eigenvalue weighted by Gasteiger charge is 2.13. The fraction of sp³-hybridized carbons (Fsp3) is 0.176. The summed E-state index contributed by atoms with van der Waals surface area (Å²) in [6.07, 6.45) is 1.86. The minimum atomic E-state index is -0.0798. The van der Waals surface area contributed by atoms with Gasteiger partial charge in [-0.1, -0.05) is 18.2 Å². The first kappa shape index (κ1) is 13.7. The van der Waals surface area contributed by atoms with Gasteiger partial charge in [0.2, 0.25) is 0 Å². The van der Waals surface area contributed by atoms with Crippen molar-refractivity contribution in [2.45, 2.75) is 19.9 Å². The standard InChI is InChI=1S/C17H18N4/c1-11-3-6-15(10-19-11)17(21-18)14-7-8-16-13(9-14)5-4-12(2)20-16/h3-10,17,21H,18H2,1-2H3. The van der Waals surface area contributed by atoms with Gasteiger partial charge in [0.15, 0.2) is 0 Å². The first-order valence-corrected chi connectivity index (χ1v) is 6.93. The van der Waals surface area contributed by atoms with E-state index in [4.69, 9.17) is 5.84 Å². The lowest BCUT2D eigenvalue weighted by Crippen LogP contribution is -2.28. The molecule has 0 bridgehead atoms. The van der Waals surface area contributed by atoms with E-state index >= 15 is 0 Å². The van der Waals surface area contributed by atoms with Crippen LogP contribution in [0.3, 0.4) is 0 Å². The number of nitrogens with two attached hydrogens (primary N) is 1. The van der Waals surface area contributed by atoms with Crippen molar-refractivity contribution in [2.24, 2.45) is 5.84 Å². The van der Waals surface area contributed by atoms with Crippen molar-refractivity contribution in [1.29, 1.82) is 0 Å². The zero-order chi connectivity index (χ0) is 14.8. The van der Waals surface area contributed by atoms with Crippen LogP contribution < -0.4 is 11.3 Å². The van der Waals surface area contributed by atoms with Crippen LogP contribution in [0.2, 0.25) is 0 Å². The third-order valence-electron chi connectivity index (χ3n) is 3.62. The highest BCUT2D eigenvalue weighted by atomic mass is 15.2. The van der Waals surface area contributed by atoms with Crippen molar-refractivity contribution in [1.82, 2.24) is 15.4 Å². The molecule has 0 spiro atoms. The maximum Gasteiger partial charge on any atom is 0.0725 e. The van der Waals surface area contributed by atoms with Gasteiger partial charge in [0.25, 0.3) is 0 Å². The van der Waals surface area contributed by atoms with Crippen molar-refractivity contribution in [3.8, 4) is 0 Å². The number of nitrogens with zero attached hydrogens (tertiary/aromatic N) is 2. The molecule has 0 saturated heterocycles. The molecule has 0 aliphatic rings. The summed E-state index contributed by atoms with van der Waals surface area (Å²) in [5, 5.41) is 1.11. The van der Waals surface area contributed by atoms with Crippen LogP contribution in [0.4, 0.5) is 0 Å². The lowest BCUT2D eigenvalue weighted by atomic mass is 9.99. The molecular weight excluding hydrogens is 260 g/mol. The Labute approximate surface area is 124 Å². The molecule has 2 aromatic heterocycles. The summed E-state index contributed by atoms with van der Waals surface area (Å²) in [5.41, 5.74) is 8.02. The lowest BCUT2D eigenvalue weighted by molar-refractivity contribution is 0.635. The minimum Gasteiger partial charge on any atom is -0.271 e. The molecule has 106 valence electrons. The zero-order valence-corrected chi connectivity index (χ0v) is 12.2. The lowest BCUT2D eigenvalue weighted by Gasteiger charge is -2.17. The summed E-state index contributed by atoms with van der Waals surface area (Å²) in [4.78, 5) is 8.86. The molecular formula is C17H18N4. The Bertz CT molecular complexity index is 765. The highest BCUT2D eigenvalue weighted by Crippen LogP contribution is 2.24. The third-order valence-corrected chi connectivity index (χ3v) is 3.62. The summed E-state index contributed by atoms with van der Waals surface area (Å²) < 4.78 is 0. The normalized spacial score (nSPS) is 12.5. The number of aromatic nitrogens is 2. The van der Waals surface area contributed by atoms with Crippen molar-refractivity contribution >= 4 is 10.9 Å². The number of hydrazine groups is 1. The predicted molar refractivity (Wildman–Crippen MR) is 84.6 cm³/mol. The molecule has 0 saturated carbocycles. The minimum absolute atomic E-state index is 0.0798. The summed E-state index contributed by atoms with van der Waals surface area (Å²) in [6, 6.07) is 14.3. The third kappa shape index (κ3) is 2.77. The number of hydrogen-bond donors (Lipinski definition) is 2. The van der Waals surface area contributed by atoms with E-state index in [-0.39, 0.29) is 6.04 Å². The topological polar surface area (TPSA) is 63.8 Å². The molecule has 21 heavy (non-hydrogen) atoms. The SMILES string of the molecule is Cc1ccc(C(NN)c2ccc3nc(C)ccc3c2)cn1. The van der Waals surface area contributed by atoms with E-state index in [0.717, 1.165) is 33.4 Å². The van der Waals surface area contributed by atoms with Crippen LogP contribution in [0.15, 0.2) is 48.7 Å². The van der Waals surface area contributed by atoms with Gasteiger partial charge in [-0.05, 0) is 49.2 Å². The molecule has 3 rings (SSSR count). The molecule has 0 radical (unpaired) electrons. The molecule has 1 unspecified atom stereocenters. The monoisotopic (exact) mass is 278 g/mol. The summed E-state index contributed by atoms with van der Waals surface area (Å²) in [5.74, 6) is 5.75. The van der Waals surface area contributed by atoms with Gasteiger partial charge in [-0.3, -0.25) is 15.8 Å². The molecule has 4 heteroatoms. The van der Waals surface area contributed by atoms with Gasteiger partial charge in [0.1, 0.15) is 0 Å². The quantitative estimate of drug-likeness (QED) is 0.571. The van der Waals surface area contributed by atoms with Gasteiger partial charge in [0, 0.05) is 23.0 Å². The first-order valence-electron chi connectivity index (χ1n) is 6.93. The molecule has 2 heterocycles. The summed E-state index contributed by atoms with van der Waals surface area (Å²) in [6.45, 7) is 3.97. The number of rotatable bonds is 3. The van der Waals surface area contributed by atoms with E-state index in [9.17, 15) is 0 Å². The number of aryl methyl sites for hydroxylation is 2. The number of fused-ring (bicyclic) bond motifs is 1. The summed E-state index contributed by atoms with van der Waals surface area (Å²) >= 11 is 0. The fourth-order valence-corrected chi connectivity index (χ4v) is 2.46. The molecule has 4 nitrogen and oxygen atoms in total. The average molecular weight is 278 g/mol. The van der Waals surface area contributed by atoms with Crippen LogP contribution >= 0.6 is 0 Å². The smallest absolute Gasteiger partial charge is 0.0725 e. The summed E-state index contributed by atoms with van der Waals surface area (Å²) in [7, 11) is 0. The molecule has 3 N–H and O–H groups in total. The first-order chi connectivity index (χ1) is 10.2. The van der Waals surface area contributed by atoms with Crippen LogP contribution in [0.25, 0.3) is 10.9 Å². The Morgan fingerprint density at radius 3 is 2.43 bits per heavy atom. The Balaban J connectivity index is 2.04. The number of hydrogen-bond acceptors (Lipinski definition) is 4. The zero-order valence-electron chi connectivity index (χ0n) is 12.2. The maximum absolute atomic E-state index is 5.75. The van der Waals surface area contributed by atoms with Crippen molar-refractivity contribution in [3.63, 3.8) is 0 Å². The largest absolute Gasteiger partial charge is 0.271 e. The van der Waals surface area contributed by atoms with Gasteiger partial charge >= 0.3 is 0 Å². The number of nitrogens with one attached hydrogen (secondary N) is 1. The van der Waals surface area contributed by atoms with E-state index in [1.54, 1.807) is 0 Å². The Morgan fingerprint density at radius 1 is 0.952 bits per heavy atom. The maximum atomic E-state index is 5.75. The fourth-order valence-electron chi connectivity index (χ4n) is 2.46. The van der Waals surface area contributed by atoms with E-state index in [1.807, 2.05) is 44.3 Å². The van der Waals surface area contributed by atoms with Gasteiger partial charge in [-0.25, -0.2) is 5.43 Å². The molecule has 0 amide bonds. The van der Waals surface area contributed by atoms with Crippen LogP contribution in [0, 0.1) is 13.8 Å². The molecule has 3 aromatic rings. The van der Waals surface area contributed by atoms with Crippen molar-refractivity contribution in [2.75, 3.05) is 0 Å². The van der Waals surface area contributed by atoms with E-state index in [0.29, 0.717) is 0 Å². The molecule has 1 atom stereocenters. The van der Waals surface area contributed by atoms with Crippen molar-refractivity contribution < 1.29 is 0 Å². The average Bonchev–Trinajstić information content (AvgIpc) is 2.50. The van der Waals surface area contributed by atoms with E-state index in [1.165, 1.54) is 0 Å². The molecule has 1 aromatic carbocycles. The van der Waals surface area contributed by atoms with Gasteiger partial charge in [0.05, 0.1) is 11.6 Å². The van der Waals surface area contributed by atoms with Gasteiger partial charge < -0.3 is 0 Å². The highest BCUT2D eigenvalue weighted by molar-refractivity contribution is 5.79. The van der Waals surface area contributed by atoms with Gasteiger partial charge in [-0.15, -0.1) is 0 Å². The second kappa shape index (κ2) is 5.60. The Kier molecular flexibility index (Phi) is 3.64.